The first-order chi connectivity index (χ1) is 7.83. The molecule has 16 heavy (non-hydrogen) atoms. The molecule has 1 saturated carbocycles. The molecule has 88 valence electrons. The van der Waals surface area contributed by atoms with Crippen LogP contribution >= 0.6 is 0 Å². The fourth-order valence-corrected chi connectivity index (χ4v) is 2.85. The first-order valence-corrected chi connectivity index (χ1v) is 6.56. The van der Waals surface area contributed by atoms with E-state index in [0.717, 1.165) is 0 Å². The van der Waals surface area contributed by atoms with Crippen LogP contribution in [-0.2, 0) is 5.41 Å². The van der Waals surface area contributed by atoms with Gasteiger partial charge in [0.25, 0.3) is 0 Å². The Morgan fingerprint density at radius 1 is 1.25 bits per heavy atom. The summed E-state index contributed by atoms with van der Waals surface area (Å²) in [6.07, 6.45) is 6.64. The van der Waals surface area contributed by atoms with Crippen molar-refractivity contribution in [3.8, 4) is 0 Å². The van der Waals surface area contributed by atoms with Crippen molar-refractivity contribution < 1.29 is 0 Å². The molecule has 0 amide bonds. The minimum Gasteiger partial charge on any atom is -0.316 e. The Morgan fingerprint density at radius 3 is 2.44 bits per heavy atom. The molecule has 1 aromatic carbocycles. The summed E-state index contributed by atoms with van der Waals surface area (Å²) in [6, 6.07) is 11.7. The first-order valence-electron chi connectivity index (χ1n) is 6.56. The Hall–Kier alpha value is -0.820. The standard InChI is InChI=1S/C15H23N/c1-3-4-10-14(16-2)15(11-12-15)13-8-6-5-7-9-13/h5-9,14,16H,3-4,10-12H2,1-2H3. The lowest BCUT2D eigenvalue weighted by Gasteiger charge is -2.27. The van der Waals surface area contributed by atoms with Crippen molar-refractivity contribution in [1.29, 1.82) is 0 Å². The molecule has 1 fully saturated rings. The van der Waals surface area contributed by atoms with Crippen LogP contribution in [0.4, 0.5) is 0 Å². The maximum absolute atomic E-state index is 3.54. The third kappa shape index (κ3) is 2.15. The third-order valence-corrected chi connectivity index (χ3v) is 4.00. The first kappa shape index (κ1) is 11.7. The van der Waals surface area contributed by atoms with Gasteiger partial charge in [-0.3, -0.25) is 0 Å². The van der Waals surface area contributed by atoms with Crippen LogP contribution in [0.15, 0.2) is 30.3 Å². The smallest absolute Gasteiger partial charge is 0.0161 e. The van der Waals surface area contributed by atoms with Gasteiger partial charge in [0.1, 0.15) is 0 Å². The van der Waals surface area contributed by atoms with Crippen molar-refractivity contribution in [2.75, 3.05) is 7.05 Å². The monoisotopic (exact) mass is 217 g/mol. The summed E-state index contributed by atoms with van der Waals surface area (Å²) in [5.74, 6) is 0. The number of unbranched alkanes of at least 4 members (excludes halogenated alkanes) is 1. The largest absolute Gasteiger partial charge is 0.316 e. The van der Waals surface area contributed by atoms with Gasteiger partial charge in [-0.05, 0) is 31.9 Å². The van der Waals surface area contributed by atoms with E-state index in [-0.39, 0.29) is 0 Å². The molecule has 1 heteroatoms. The van der Waals surface area contributed by atoms with Crippen LogP contribution in [0.3, 0.4) is 0 Å². The fourth-order valence-electron chi connectivity index (χ4n) is 2.85. The molecule has 0 bridgehead atoms. The summed E-state index contributed by atoms with van der Waals surface area (Å²) in [5.41, 5.74) is 1.98. The van der Waals surface area contributed by atoms with Gasteiger partial charge in [-0.2, -0.15) is 0 Å². The van der Waals surface area contributed by atoms with Gasteiger partial charge >= 0.3 is 0 Å². The average molecular weight is 217 g/mol. The average Bonchev–Trinajstić information content (AvgIpc) is 3.13. The number of benzene rings is 1. The molecule has 0 aromatic heterocycles. The molecular weight excluding hydrogens is 194 g/mol. The third-order valence-electron chi connectivity index (χ3n) is 4.00. The Kier molecular flexibility index (Phi) is 3.65. The molecule has 1 unspecified atom stereocenters. The molecule has 2 rings (SSSR count). The summed E-state index contributed by atoms with van der Waals surface area (Å²) in [5, 5.41) is 3.54. The van der Waals surface area contributed by atoms with Crippen molar-refractivity contribution in [2.24, 2.45) is 0 Å². The summed E-state index contributed by atoms with van der Waals surface area (Å²) in [7, 11) is 2.11. The van der Waals surface area contributed by atoms with Crippen LogP contribution in [0.1, 0.15) is 44.6 Å². The van der Waals surface area contributed by atoms with Gasteiger partial charge < -0.3 is 5.32 Å². The van der Waals surface area contributed by atoms with Crippen LogP contribution in [0.25, 0.3) is 0 Å². The molecular formula is C15H23N. The second kappa shape index (κ2) is 5.01. The molecule has 0 heterocycles. The Labute approximate surface area is 99.3 Å². The highest BCUT2D eigenvalue weighted by Gasteiger charge is 2.49. The summed E-state index contributed by atoms with van der Waals surface area (Å²) >= 11 is 0. The second-order valence-electron chi connectivity index (χ2n) is 5.01. The summed E-state index contributed by atoms with van der Waals surface area (Å²) in [6.45, 7) is 2.27. The minimum atomic E-state index is 0.450. The number of nitrogens with one attached hydrogen (secondary N) is 1. The van der Waals surface area contributed by atoms with Gasteiger partial charge in [0, 0.05) is 11.5 Å². The Bertz CT molecular complexity index is 313. The predicted octanol–water partition coefficient (Wildman–Crippen LogP) is 3.50. The van der Waals surface area contributed by atoms with Crippen LogP contribution < -0.4 is 5.32 Å². The molecule has 1 aliphatic rings. The van der Waals surface area contributed by atoms with E-state index < -0.39 is 0 Å². The van der Waals surface area contributed by atoms with E-state index >= 15 is 0 Å². The van der Waals surface area contributed by atoms with Gasteiger partial charge in [-0.25, -0.2) is 0 Å². The molecule has 0 radical (unpaired) electrons. The van der Waals surface area contributed by atoms with E-state index in [9.17, 15) is 0 Å². The van der Waals surface area contributed by atoms with Crippen LogP contribution in [0.2, 0.25) is 0 Å². The van der Waals surface area contributed by atoms with E-state index in [1.807, 2.05) is 0 Å². The fraction of sp³-hybridized carbons (Fsp3) is 0.600. The molecule has 0 aliphatic heterocycles. The Balaban J connectivity index is 2.11. The SMILES string of the molecule is CCCCC(NC)C1(c2ccccc2)CC1. The molecule has 1 aliphatic carbocycles. The number of rotatable bonds is 6. The topological polar surface area (TPSA) is 12.0 Å². The van der Waals surface area contributed by atoms with Gasteiger partial charge in [0.2, 0.25) is 0 Å². The number of likely N-dealkylation sites (N-methyl/N-ethyl adjacent to an activating group) is 1. The molecule has 0 spiro atoms. The maximum Gasteiger partial charge on any atom is 0.0161 e. The quantitative estimate of drug-likeness (QED) is 0.769. The van der Waals surface area contributed by atoms with E-state index in [2.05, 4.69) is 49.6 Å². The van der Waals surface area contributed by atoms with Crippen LogP contribution in [-0.4, -0.2) is 13.1 Å². The van der Waals surface area contributed by atoms with E-state index in [0.29, 0.717) is 11.5 Å². The summed E-state index contributed by atoms with van der Waals surface area (Å²) < 4.78 is 0. The highest BCUT2D eigenvalue weighted by Crippen LogP contribution is 2.51. The maximum atomic E-state index is 3.54. The minimum absolute atomic E-state index is 0.450. The highest BCUT2D eigenvalue weighted by molar-refractivity contribution is 5.33. The summed E-state index contributed by atoms with van der Waals surface area (Å²) in [4.78, 5) is 0. The molecule has 1 N–H and O–H groups in total. The van der Waals surface area contributed by atoms with Crippen molar-refractivity contribution in [3.63, 3.8) is 0 Å². The zero-order valence-electron chi connectivity index (χ0n) is 10.5. The van der Waals surface area contributed by atoms with Gasteiger partial charge in [0.05, 0.1) is 0 Å². The van der Waals surface area contributed by atoms with Crippen molar-refractivity contribution in [1.82, 2.24) is 5.32 Å². The lowest BCUT2D eigenvalue weighted by molar-refractivity contribution is 0.407. The van der Waals surface area contributed by atoms with Crippen LogP contribution in [0, 0.1) is 0 Å². The van der Waals surface area contributed by atoms with E-state index in [1.165, 1.54) is 37.7 Å². The molecule has 1 aromatic rings. The van der Waals surface area contributed by atoms with Gasteiger partial charge in [-0.15, -0.1) is 0 Å². The van der Waals surface area contributed by atoms with Gasteiger partial charge in [0.15, 0.2) is 0 Å². The number of hydrogen-bond acceptors (Lipinski definition) is 1. The number of hydrogen-bond donors (Lipinski definition) is 1. The van der Waals surface area contributed by atoms with Crippen LogP contribution in [0.5, 0.6) is 0 Å². The van der Waals surface area contributed by atoms with E-state index in [1.54, 1.807) is 0 Å². The lowest BCUT2D eigenvalue weighted by Crippen LogP contribution is -2.37. The lowest BCUT2D eigenvalue weighted by atomic mass is 9.85. The molecule has 1 atom stereocenters. The predicted molar refractivity (Wildman–Crippen MR) is 69.7 cm³/mol. The second-order valence-corrected chi connectivity index (χ2v) is 5.01. The van der Waals surface area contributed by atoms with E-state index in [4.69, 9.17) is 0 Å². The molecule has 0 saturated heterocycles. The van der Waals surface area contributed by atoms with Crippen molar-refractivity contribution in [3.05, 3.63) is 35.9 Å². The molecule has 1 nitrogen and oxygen atoms in total. The van der Waals surface area contributed by atoms with Gasteiger partial charge in [-0.1, -0.05) is 50.1 Å². The highest BCUT2D eigenvalue weighted by atomic mass is 14.9. The normalized spacial score (nSPS) is 19.4. The van der Waals surface area contributed by atoms with Crippen molar-refractivity contribution >= 4 is 0 Å². The van der Waals surface area contributed by atoms with Crippen molar-refractivity contribution in [2.45, 2.75) is 50.5 Å². The zero-order chi connectivity index (χ0) is 11.4. The zero-order valence-corrected chi connectivity index (χ0v) is 10.5. The Morgan fingerprint density at radius 2 is 1.94 bits per heavy atom.